The molecule has 0 bridgehead atoms. The van der Waals surface area contributed by atoms with E-state index in [4.69, 9.17) is 5.11 Å². The molecule has 0 spiro atoms. The zero-order chi connectivity index (χ0) is 14.3. The molecule has 0 saturated carbocycles. The molecular formula is C12H14N2O5. The third-order valence-electron chi connectivity index (χ3n) is 2.35. The minimum Gasteiger partial charge on any atom is -0.480 e. The number of carboxylic acid groups (broad SMARTS) is 1. The standard InChI is InChI=1S/C12H14N2O5/c1-19-11(16)7-9(12(17)18)14-10(15)6-8-2-4-13-5-3-8/h2-5,9H,6-7H2,1H3,(H,14,15)(H,17,18)/t9-/m0/s1. The smallest absolute Gasteiger partial charge is 0.326 e. The first-order valence-electron chi connectivity index (χ1n) is 5.51. The monoisotopic (exact) mass is 266 g/mol. The number of pyridine rings is 1. The molecule has 0 aromatic carbocycles. The summed E-state index contributed by atoms with van der Waals surface area (Å²) in [5.74, 6) is -2.47. The number of ether oxygens (including phenoxy) is 1. The molecule has 1 aromatic heterocycles. The summed E-state index contributed by atoms with van der Waals surface area (Å²) in [7, 11) is 1.15. The van der Waals surface area contributed by atoms with Crippen molar-refractivity contribution in [1.29, 1.82) is 0 Å². The van der Waals surface area contributed by atoms with Crippen LogP contribution in [-0.4, -0.2) is 41.1 Å². The lowest BCUT2D eigenvalue weighted by Gasteiger charge is -2.13. The Morgan fingerprint density at radius 2 is 2.00 bits per heavy atom. The average Bonchev–Trinajstić information content (AvgIpc) is 2.38. The van der Waals surface area contributed by atoms with Gasteiger partial charge in [0.15, 0.2) is 0 Å². The third kappa shape index (κ3) is 5.15. The SMILES string of the molecule is COC(=O)C[C@H](NC(=O)Cc1ccncc1)C(=O)O. The fraction of sp³-hybridized carbons (Fsp3) is 0.333. The Balaban J connectivity index is 2.57. The summed E-state index contributed by atoms with van der Waals surface area (Å²) in [5.41, 5.74) is 0.703. The van der Waals surface area contributed by atoms with Crippen molar-refractivity contribution in [2.75, 3.05) is 7.11 Å². The van der Waals surface area contributed by atoms with Crippen LogP contribution < -0.4 is 5.32 Å². The van der Waals surface area contributed by atoms with E-state index < -0.39 is 30.3 Å². The number of hydrogen-bond donors (Lipinski definition) is 2. The van der Waals surface area contributed by atoms with Crippen LogP contribution in [0.15, 0.2) is 24.5 Å². The van der Waals surface area contributed by atoms with E-state index >= 15 is 0 Å². The molecule has 2 N–H and O–H groups in total. The van der Waals surface area contributed by atoms with Crippen LogP contribution in [0.5, 0.6) is 0 Å². The Kier molecular flexibility index (Phi) is 5.46. The molecule has 1 aromatic rings. The van der Waals surface area contributed by atoms with E-state index in [1.54, 1.807) is 12.1 Å². The maximum atomic E-state index is 11.7. The number of rotatable bonds is 6. The van der Waals surface area contributed by atoms with E-state index in [0.29, 0.717) is 5.56 Å². The summed E-state index contributed by atoms with van der Waals surface area (Å²) in [6.45, 7) is 0. The van der Waals surface area contributed by atoms with Gasteiger partial charge in [-0.1, -0.05) is 0 Å². The summed E-state index contributed by atoms with van der Waals surface area (Å²) in [6, 6.07) is 2.01. The average molecular weight is 266 g/mol. The van der Waals surface area contributed by atoms with E-state index in [-0.39, 0.29) is 6.42 Å². The Hall–Kier alpha value is -2.44. The molecule has 1 atom stereocenters. The molecular weight excluding hydrogens is 252 g/mol. The molecule has 1 heterocycles. The first-order valence-corrected chi connectivity index (χ1v) is 5.51. The van der Waals surface area contributed by atoms with Crippen LogP contribution in [0.4, 0.5) is 0 Å². The first kappa shape index (κ1) is 14.6. The summed E-state index contributed by atoms with van der Waals surface area (Å²) < 4.78 is 4.37. The van der Waals surface area contributed by atoms with Gasteiger partial charge >= 0.3 is 11.9 Å². The van der Waals surface area contributed by atoms with Gasteiger partial charge in [0.25, 0.3) is 0 Å². The van der Waals surface area contributed by atoms with Crippen molar-refractivity contribution in [2.24, 2.45) is 0 Å². The van der Waals surface area contributed by atoms with Crippen LogP contribution in [0.2, 0.25) is 0 Å². The largest absolute Gasteiger partial charge is 0.480 e. The number of amides is 1. The Morgan fingerprint density at radius 1 is 1.37 bits per heavy atom. The second kappa shape index (κ2) is 7.10. The van der Waals surface area contributed by atoms with Crippen LogP contribution in [0.25, 0.3) is 0 Å². The predicted octanol–water partition coefficient (Wildman–Crippen LogP) is -0.243. The lowest BCUT2D eigenvalue weighted by molar-refractivity contribution is -0.148. The Labute approximate surface area is 109 Å². The molecule has 0 aliphatic rings. The van der Waals surface area contributed by atoms with Crippen LogP contribution in [0.3, 0.4) is 0 Å². The van der Waals surface area contributed by atoms with Gasteiger partial charge < -0.3 is 15.2 Å². The van der Waals surface area contributed by atoms with Gasteiger partial charge in [0.2, 0.25) is 5.91 Å². The minimum absolute atomic E-state index is 0.0213. The summed E-state index contributed by atoms with van der Waals surface area (Å²) in [4.78, 5) is 37.4. The molecule has 1 rings (SSSR count). The zero-order valence-corrected chi connectivity index (χ0v) is 10.3. The molecule has 7 nitrogen and oxygen atoms in total. The molecule has 102 valence electrons. The molecule has 0 saturated heterocycles. The highest BCUT2D eigenvalue weighted by Gasteiger charge is 2.23. The molecule has 7 heteroatoms. The van der Waals surface area contributed by atoms with E-state index in [0.717, 1.165) is 7.11 Å². The van der Waals surface area contributed by atoms with Gasteiger partial charge in [-0.15, -0.1) is 0 Å². The molecule has 19 heavy (non-hydrogen) atoms. The molecule has 0 unspecified atom stereocenters. The van der Waals surface area contributed by atoms with Crippen molar-refractivity contribution >= 4 is 17.8 Å². The summed E-state index contributed by atoms with van der Waals surface area (Å²) in [6.07, 6.45) is 2.68. The lowest BCUT2D eigenvalue weighted by Crippen LogP contribution is -2.43. The number of carbonyl (C=O) groups is 3. The highest BCUT2D eigenvalue weighted by molar-refractivity contribution is 5.87. The fourth-order valence-electron chi connectivity index (χ4n) is 1.38. The van der Waals surface area contributed by atoms with Crippen LogP contribution in [0.1, 0.15) is 12.0 Å². The number of aromatic nitrogens is 1. The van der Waals surface area contributed by atoms with Crippen molar-refractivity contribution in [2.45, 2.75) is 18.9 Å². The van der Waals surface area contributed by atoms with Gasteiger partial charge in [0, 0.05) is 12.4 Å². The second-order valence-corrected chi connectivity index (χ2v) is 3.77. The molecule has 0 fully saturated rings. The van der Waals surface area contributed by atoms with Crippen molar-refractivity contribution in [3.63, 3.8) is 0 Å². The molecule has 0 radical (unpaired) electrons. The number of carbonyl (C=O) groups excluding carboxylic acids is 2. The highest BCUT2D eigenvalue weighted by atomic mass is 16.5. The van der Waals surface area contributed by atoms with Crippen molar-refractivity contribution in [1.82, 2.24) is 10.3 Å². The second-order valence-electron chi connectivity index (χ2n) is 3.77. The number of esters is 1. The van der Waals surface area contributed by atoms with E-state index in [2.05, 4.69) is 15.0 Å². The number of methoxy groups -OCH3 is 1. The van der Waals surface area contributed by atoms with Crippen molar-refractivity contribution in [3.8, 4) is 0 Å². The maximum absolute atomic E-state index is 11.7. The van der Waals surface area contributed by atoms with Crippen molar-refractivity contribution < 1.29 is 24.2 Å². The molecule has 0 aliphatic heterocycles. The normalized spacial score (nSPS) is 11.4. The predicted molar refractivity (Wildman–Crippen MR) is 64.1 cm³/mol. The number of nitrogens with one attached hydrogen (secondary N) is 1. The minimum atomic E-state index is -1.29. The number of aliphatic carboxylic acids is 1. The Morgan fingerprint density at radius 3 is 2.53 bits per heavy atom. The highest BCUT2D eigenvalue weighted by Crippen LogP contribution is 2.00. The number of nitrogens with zero attached hydrogens (tertiary/aromatic N) is 1. The van der Waals surface area contributed by atoms with Crippen molar-refractivity contribution in [3.05, 3.63) is 30.1 Å². The molecule has 1 amide bonds. The van der Waals surface area contributed by atoms with E-state index in [1.807, 2.05) is 0 Å². The number of carboxylic acids is 1. The van der Waals surface area contributed by atoms with Gasteiger partial charge in [-0.2, -0.15) is 0 Å². The fourth-order valence-corrected chi connectivity index (χ4v) is 1.38. The van der Waals surface area contributed by atoms with E-state index in [1.165, 1.54) is 12.4 Å². The van der Waals surface area contributed by atoms with E-state index in [9.17, 15) is 14.4 Å². The van der Waals surface area contributed by atoms with Gasteiger partial charge in [0.05, 0.1) is 20.0 Å². The summed E-state index contributed by atoms with van der Waals surface area (Å²) in [5, 5.41) is 11.2. The topological polar surface area (TPSA) is 106 Å². The van der Waals surface area contributed by atoms with Gasteiger partial charge in [-0.3, -0.25) is 14.6 Å². The van der Waals surface area contributed by atoms with Gasteiger partial charge in [-0.05, 0) is 17.7 Å². The lowest BCUT2D eigenvalue weighted by atomic mass is 10.1. The summed E-state index contributed by atoms with van der Waals surface area (Å²) >= 11 is 0. The quantitative estimate of drug-likeness (QED) is 0.688. The maximum Gasteiger partial charge on any atom is 0.326 e. The third-order valence-corrected chi connectivity index (χ3v) is 2.35. The van der Waals surface area contributed by atoms with Gasteiger partial charge in [-0.25, -0.2) is 4.79 Å². The van der Waals surface area contributed by atoms with Gasteiger partial charge in [0.1, 0.15) is 6.04 Å². The van der Waals surface area contributed by atoms with Crippen LogP contribution in [-0.2, 0) is 25.5 Å². The Bertz CT molecular complexity index is 460. The molecule has 0 aliphatic carbocycles. The van der Waals surface area contributed by atoms with Crippen LogP contribution in [0, 0.1) is 0 Å². The number of hydrogen-bond acceptors (Lipinski definition) is 5. The zero-order valence-electron chi connectivity index (χ0n) is 10.3. The first-order chi connectivity index (χ1) is 9.02. The van der Waals surface area contributed by atoms with Crippen LogP contribution >= 0.6 is 0 Å².